The van der Waals surface area contributed by atoms with Crippen molar-refractivity contribution in [2.24, 2.45) is 11.1 Å². The van der Waals surface area contributed by atoms with E-state index >= 15 is 0 Å². The van der Waals surface area contributed by atoms with E-state index in [-0.39, 0.29) is 17.0 Å². The van der Waals surface area contributed by atoms with Gasteiger partial charge in [-0.25, -0.2) is 4.98 Å². The Labute approximate surface area is 126 Å². The Balaban J connectivity index is 1.81. The van der Waals surface area contributed by atoms with Crippen LogP contribution in [0.5, 0.6) is 0 Å². The molecule has 4 heteroatoms. The molecule has 0 unspecified atom stereocenters. The maximum absolute atomic E-state index is 6.56. The standard InChI is InChI=1S/C16H24ClN3/c1-15(2,3)20-8-6-16(7-9-20)10-12-11(14(16)18)4-5-13(17)19-12/h4-5,14H,6-10,18H2,1-3H3/t14-/m1/s1. The zero-order valence-corrected chi connectivity index (χ0v) is 13.4. The minimum Gasteiger partial charge on any atom is -0.323 e. The van der Waals surface area contributed by atoms with Crippen LogP contribution >= 0.6 is 11.6 Å². The van der Waals surface area contributed by atoms with E-state index in [2.05, 4.69) is 36.7 Å². The van der Waals surface area contributed by atoms with E-state index in [1.807, 2.05) is 6.07 Å². The summed E-state index contributed by atoms with van der Waals surface area (Å²) in [6.07, 6.45) is 3.29. The highest BCUT2D eigenvalue weighted by Crippen LogP contribution is 2.50. The van der Waals surface area contributed by atoms with Gasteiger partial charge < -0.3 is 5.73 Å². The molecule has 2 heterocycles. The molecule has 0 amide bonds. The van der Waals surface area contributed by atoms with Crippen LogP contribution in [0.3, 0.4) is 0 Å². The van der Waals surface area contributed by atoms with E-state index in [1.54, 1.807) is 0 Å². The molecule has 1 aliphatic heterocycles. The monoisotopic (exact) mass is 293 g/mol. The lowest BCUT2D eigenvalue weighted by atomic mass is 9.72. The maximum Gasteiger partial charge on any atom is 0.129 e. The highest BCUT2D eigenvalue weighted by atomic mass is 35.5. The number of hydrogen-bond donors (Lipinski definition) is 1. The molecule has 0 bridgehead atoms. The second-order valence-electron chi connectivity index (χ2n) is 7.34. The molecule has 0 radical (unpaired) electrons. The van der Waals surface area contributed by atoms with Gasteiger partial charge in [0.2, 0.25) is 0 Å². The number of likely N-dealkylation sites (tertiary alicyclic amines) is 1. The van der Waals surface area contributed by atoms with Crippen LogP contribution in [0, 0.1) is 5.41 Å². The molecule has 20 heavy (non-hydrogen) atoms. The third-order valence-corrected chi connectivity index (χ3v) is 5.41. The summed E-state index contributed by atoms with van der Waals surface area (Å²) >= 11 is 6.02. The van der Waals surface area contributed by atoms with Gasteiger partial charge in [-0.15, -0.1) is 0 Å². The van der Waals surface area contributed by atoms with Gasteiger partial charge in [-0.1, -0.05) is 17.7 Å². The summed E-state index contributed by atoms with van der Waals surface area (Å²) in [4.78, 5) is 7.06. The number of rotatable bonds is 0. The molecule has 1 aromatic heterocycles. The molecular weight excluding hydrogens is 270 g/mol. The van der Waals surface area contributed by atoms with Crippen molar-refractivity contribution >= 4 is 11.6 Å². The second-order valence-corrected chi connectivity index (χ2v) is 7.73. The summed E-state index contributed by atoms with van der Waals surface area (Å²) in [5.41, 5.74) is 9.33. The fourth-order valence-corrected chi connectivity index (χ4v) is 3.96. The van der Waals surface area contributed by atoms with Crippen LogP contribution < -0.4 is 5.73 Å². The molecule has 3 rings (SSSR count). The lowest BCUT2D eigenvalue weighted by molar-refractivity contribution is 0.0343. The molecule has 1 aromatic rings. The van der Waals surface area contributed by atoms with Crippen LogP contribution in [-0.2, 0) is 6.42 Å². The molecule has 2 aliphatic rings. The van der Waals surface area contributed by atoms with Gasteiger partial charge in [0.15, 0.2) is 0 Å². The van der Waals surface area contributed by atoms with Gasteiger partial charge in [-0.2, -0.15) is 0 Å². The third-order valence-electron chi connectivity index (χ3n) is 5.20. The molecule has 1 spiro atoms. The van der Waals surface area contributed by atoms with Crippen molar-refractivity contribution in [3.8, 4) is 0 Å². The van der Waals surface area contributed by atoms with Crippen LogP contribution in [0.4, 0.5) is 0 Å². The SMILES string of the molecule is CC(C)(C)N1CCC2(CC1)Cc1nc(Cl)ccc1[C@H]2N. The van der Waals surface area contributed by atoms with Gasteiger partial charge >= 0.3 is 0 Å². The molecule has 3 nitrogen and oxygen atoms in total. The van der Waals surface area contributed by atoms with Gasteiger partial charge in [0.05, 0.1) is 0 Å². The Morgan fingerprint density at radius 2 is 1.95 bits per heavy atom. The fourth-order valence-electron chi connectivity index (χ4n) is 3.79. The number of aromatic nitrogens is 1. The van der Waals surface area contributed by atoms with E-state index in [4.69, 9.17) is 17.3 Å². The summed E-state index contributed by atoms with van der Waals surface area (Å²) in [5, 5.41) is 0.583. The average Bonchev–Trinajstić information content (AvgIpc) is 2.61. The Morgan fingerprint density at radius 1 is 1.30 bits per heavy atom. The molecule has 2 N–H and O–H groups in total. The summed E-state index contributed by atoms with van der Waals surface area (Å²) < 4.78 is 0. The molecule has 110 valence electrons. The number of hydrogen-bond acceptors (Lipinski definition) is 3. The number of pyridine rings is 1. The first-order chi connectivity index (χ1) is 9.32. The van der Waals surface area contributed by atoms with Crippen molar-refractivity contribution in [2.45, 2.75) is 51.6 Å². The Bertz CT molecular complexity index is 513. The minimum atomic E-state index is 0.115. The first-order valence-corrected chi connectivity index (χ1v) is 7.86. The van der Waals surface area contributed by atoms with Crippen molar-refractivity contribution in [3.05, 3.63) is 28.5 Å². The van der Waals surface area contributed by atoms with Crippen LogP contribution in [0.25, 0.3) is 0 Å². The van der Waals surface area contributed by atoms with Gasteiger partial charge in [0.25, 0.3) is 0 Å². The van der Waals surface area contributed by atoms with E-state index in [0.29, 0.717) is 5.15 Å². The number of halogens is 1. The number of nitrogens with two attached hydrogens (primary N) is 1. The van der Waals surface area contributed by atoms with Crippen molar-refractivity contribution in [2.75, 3.05) is 13.1 Å². The number of fused-ring (bicyclic) bond motifs is 1. The largest absolute Gasteiger partial charge is 0.323 e. The molecule has 1 fully saturated rings. The minimum absolute atomic E-state index is 0.115. The molecule has 0 saturated carbocycles. The molecule has 0 aromatic carbocycles. The average molecular weight is 294 g/mol. The quantitative estimate of drug-likeness (QED) is 0.747. The fraction of sp³-hybridized carbons (Fsp3) is 0.688. The van der Waals surface area contributed by atoms with Crippen LogP contribution in [0.2, 0.25) is 5.15 Å². The van der Waals surface area contributed by atoms with Crippen LogP contribution in [0.1, 0.15) is 50.9 Å². The highest BCUT2D eigenvalue weighted by Gasteiger charge is 2.47. The van der Waals surface area contributed by atoms with Crippen molar-refractivity contribution < 1.29 is 0 Å². The van der Waals surface area contributed by atoms with E-state index in [0.717, 1.165) is 38.0 Å². The van der Waals surface area contributed by atoms with E-state index in [1.165, 1.54) is 5.56 Å². The Hall–Kier alpha value is -0.640. The van der Waals surface area contributed by atoms with Gasteiger partial charge in [-0.05, 0) is 70.2 Å². The topological polar surface area (TPSA) is 42.2 Å². The zero-order chi connectivity index (χ0) is 14.5. The van der Waals surface area contributed by atoms with E-state index < -0.39 is 0 Å². The second kappa shape index (κ2) is 4.69. The zero-order valence-electron chi connectivity index (χ0n) is 12.6. The van der Waals surface area contributed by atoms with Crippen molar-refractivity contribution in [1.29, 1.82) is 0 Å². The summed E-state index contributed by atoms with van der Waals surface area (Å²) in [5.74, 6) is 0. The molecular formula is C16H24ClN3. The summed E-state index contributed by atoms with van der Waals surface area (Å²) in [7, 11) is 0. The summed E-state index contributed by atoms with van der Waals surface area (Å²) in [6, 6.07) is 4.05. The molecule has 1 atom stereocenters. The van der Waals surface area contributed by atoms with Gasteiger partial charge in [0.1, 0.15) is 5.15 Å². The Morgan fingerprint density at radius 3 is 2.55 bits per heavy atom. The smallest absolute Gasteiger partial charge is 0.129 e. The Kier molecular flexibility index (Phi) is 3.35. The first kappa shape index (κ1) is 14.3. The molecule has 1 saturated heterocycles. The van der Waals surface area contributed by atoms with Gasteiger partial charge in [0, 0.05) is 17.3 Å². The van der Waals surface area contributed by atoms with Crippen LogP contribution in [-0.4, -0.2) is 28.5 Å². The van der Waals surface area contributed by atoms with Crippen molar-refractivity contribution in [3.63, 3.8) is 0 Å². The molecule has 1 aliphatic carbocycles. The third kappa shape index (κ3) is 2.26. The predicted molar refractivity (Wildman–Crippen MR) is 82.9 cm³/mol. The van der Waals surface area contributed by atoms with Crippen LogP contribution in [0.15, 0.2) is 12.1 Å². The highest BCUT2D eigenvalue weighted by molar-refractivity contribution is 6.29. The van der Waals surface area contributed by atoms with Crippen molar-refractivity contribution in [1.82, 2.24) is 9.88 Å². The lowest BCUT2D eigenvalue weighted by Crippen LogP contribution is -2.51. The summed E-state index contributed by atoms with van der Waals surface area (Å²) in [6.45, 7) is 9.11. The number of nitrogens with zero attached hydrogens (tertiary/aromatic N) is 2. The van der Waals surface area contributed by atoms with Gasteiger partial charge in [-0.3, -0.25) is 4.90 Å². The normalized spacial score (nSPS) is 25.9. The lowest BCUT2D eigenvalue weighted by Gasteiger charge is -2.46. The first-order valence-electron chi connectivity index (χ1n) is 7.48. The maximum atomic E-state index is 6.56. The predicted octanol–water partition coefficient (Wildman–Crippen LogP) is 3.17. The van der Waals surface area contributed by atoms with E-state index in [9.17, 15) is 0 Å². The number of piperidine rings is 1.